The molecule has 1 aromatic carbocycles. The van der Waals surface area contributed by atoms with Crippen LogP contribution in [0.2, 0.25) is 13.6 Å². The lowest BCUT2D eigenvalue weighted by atomic mass is 9.61. The van der Waals surface area contributed by atoms with Crippen molar-refractivity contribution in [1.82, 2.24) is 9.20 Å². The molecule has 0 aromatic heterocycles. The zero-order chi connectivity index (χ0) is 14.5. The molecule has 0 spiro atoms. The fourth-order valence-corrected chi connectivity index (χ4v) is 4.32. The molecule has 1 saturated heterocycles. The largest absolute Gasteiger partial charge is 0.421 e. The Balaban J connectivity index is 2.11. The third-order valence-electron chi connectivity index (χ3n) is 4.33. The number of rotatable bonds is 5. The maximum absolute atomic E-state index is 2.64. The zero-order valence-corrected chi connectivity index (χ0v) is 14.4. The van der Waals surface area contributed by atoms with Crippen LogP contribution >= 0.6 is 0 Å². The molecule has 107 valence electrons. The molecule has 0 saturated carbocycles. The number of unbranched alkanes of at least 4 members (excludes halogenated alkanes) is 2. The second kappa shape index (κ2) is 7.34. The van der Waals surface area contributed by atoms with Gasteiger partial charge in [0.25, 0.3) is 6.98 Å². The molecular formula is C14H26B2N3Si. The normalized spacial score (nSPS) is 17.9. The summed E-state index contributed by atoms with van der Waals surface area (Å²) in [6.45, 7) is 9.22. The predicted octanol–water partition coefficient (Wildman–Crippen LogP) is 2.43. The third kappa shape index (κ3) is 3.48. The zero-order valence-electron chi connectivity index (χ0n) is 13.3. The summed E-state index contributed by atoms with van der Waals surface area (Å²) in [5.41, 5.74) is 1.36. The standard InChI is InChI=1S/C14H26B2N3Si/c1-5-6-10-13-18-15(2)17(4)20-19(16(18)3)14-11-8-7-9-12-14/h7-9,11-12,20H,5-6,10,13H2,1-4H3. The van der Waals surface area contributed by atoms with Gasteiger partial charge in [-0.05, 0) is 32.1 Å². The Morgan fingerprint density at radius 2 is 1.75 bits per heavy atom. The minimum Gasteiger partial charge on any atom is -0.421 e. The Bertz CT molecular complexity index is 407. The summed E-state index contributed by atoms with van der Waals surface area (Å²) in [5.74, 6) is 0. The number of anilines is 1. The van der Waals surface area contributed by atoms with Crippen LogP contribution in [0.15, 0.2) is 30.3 Å². The first kappa shape index (κ1) is 15.7. The Kier molecular flexibility index (Phi) is 5.75. The number of para-hydroxylation sites is 1. The maximum atomic E-state index is 2.64. The molecule has 1 radical (unpaired) electrons. The van der Waals surface area contributed by atoms with Crippen molar-refractivity contribution >= 4 is 29.5 Å². The summed E-state index contributed by atoms with van der Waals surface area (Å²) in [6, 6.07) is 10.8. The van der Waals surface area contributed by atoms with Crippen LogP contribution in [-0.2, 0) is 0 Å². The van der Waals surface area contributed by atoms with Crippen LogP contribution in [0.25, 0.3) is 0 Å². The summed E-state index contributed by atoms with van der Waals surface area (Å²) < 4.78 is 7.73. The number of nitrogens with zero attached hydrogens (tertiary/aromatic N) is 3. The van der Waals surface area contributed by atoms with Gasteiger partial charge in [0.1, 0.15) is 0 Å². The van der Waals surface area contributed by atoms with Crippen molar-refractivity contribution in [3.05, 3.63) is 30.3 Å². The molecule has 0 N–H and O–H groups in total. The van der Waals surface area contributed by atoms with Crippen LogP contribution in [0.1, 0.15) is 26.2 Å². The number of hydrogen-bond acceptors (Lipinski definition) is 3. The molecule has 1 fully saturated rings. The monoisotopic (exact) mass is 286 g/mol. The first-order chi connectivity index (χ1) is 9.65. The highest BCUT2D eigenvalue weighted by Gasteiger charge is 2.39. The average molecular weight is 286 g/mol. The minimum absolute atomic E-state index is 0.170. The Morgan fingerprint density at radius 1 is 1.05 bits per heavy atom. The van der Waals surface area contributed by atoms with Gasteiger partial charge in [-0.3, -0.25) is 0 Å². The molecule has 0 amide bonds. The van der Waals surface area contributed by atoms with E-state index in [0.29, 0.717) is 14.0 Å². The van der Waals surface area contributed by atoms with E-state index in [1.165, 1.54) is 31.5 Å². The van der Waals surface area contributed by atoms with E-state index in [0.717, 1.165) is 0 Å². The van der Waals surface area contributed by atoms with Gasteiger partial charge in [-0.25, -0.2) is 0 Å². The molecule has 1 heterocycles. The first-order valence-electron chi connectivity index (χ1n) is 7.81. The second-order valence-corrected chi connectivity index (χ2v) is 7.33. The van der Waals surface area contributed by atoms with Crippen molar-refractivity contribution < 1.29 is 0 Å². The molecule has 20 heavy (non-hydrogen) atoms. The van der Waals surface area contributed by atoms with Crippen LogP contribution in [-0.4, -0.2) is 46.6 Å². The Hall–Kier alpha value is -0.713. The lowest BCUT2D eigenvalue weighted by molar-refractivity contribution is 0.535. The van der Waals surface area contributed by atoms with Crippen molar-refractivity contribution in [2.24, 2.45) is 0 Å². The van der Waals surface area contributed by atoms with Gasteiger partial charge in [-0.15, -0.1) is 0 Å². The van der Waals surface area contributed by atoms with Crippen LogP contribution in [0.5, 0.6) is 0 Å². The average Bonchev–Trinajstić information content (AvgIpc) is 2.47. The topological polar surface area (TPSA) is 9.72 Å². The third-order valence-corrected chi connectivity index (χ3v) is 6.11. The van der Waals surface area contributed by atoms with Gasteiger partial charge in [0.15, 0.2) is 0 Å². The maximum Gasteiger partial charge on any atom is 0.321 e. The van der Waals surface area contributed by atoms with Gasteiger partial charge in [0, 0.05) is 5.69 Å². The minimum atomic E-state index is 0.170. The van der Waals surface area contributed by atoms with Crippen LogP contribution in [0.3, 0.4) is 0 Å². The van der Waals surface area contributed by atoms with Crippen LogP contribution in [0.4, 0.5) is 5.69 Å². The highest BCUT2D eigenvalue weighted by atomic mass is 28.2. The molecule has 0 bridgehead atoms. The van der Waals surface area contributed by atoms with Gasteiger partial charge in [-0.2, -0.15) is 0 Å². The molecule has 0 aliphatic carbocycles. The van der Waals surface area contributed by atoms with Gasteiger partial charge in [-0.1, -0.05) is 51.6 Å². The number of benzene rings is 1. The quantitative estimate of drug-likeness (QED) is 0.608. The van der Waals surface area contributed by atoms with E-state index in [-0.39, 0.29) is 9.84 Å². The van der Waals surface area contributed by atoms with Crippen molar-refractivity contribution in [2.75, 3.05) is 18.1 Å². The highest BCUT2D eigenvalue weighted by molar-refractivity contribution is 6.86. The summed E-state index contributed by atoms with van der Waals surface area (Å²) in [4.78, 5) is 0. The van der Waals surface area contributed by atoms with E-state index in [1.807, 2.05) is 0 Å². The van der Waals surface area contributed by atoms with Crippen molar-refractivity contribution in [2.45, 2.75) is 39.8 Å². The summed E-state index contributed by atoms with van der Waals surface area (Å²) in [6.07, 6.45) is 3.93. The SMILES string of the molecule is CCCCCN1B(C)N(C)[SiH]N(c2ccccc2)B1C. The summed E-state index contributed by atoms with van der Waals surface area (Å²) in [7, 11) is 2.43. The lowest BCUT2D eigenvalue weighted by Gasteiger charge is -2.48. The van der Waals surface area contributed by atoms with E-state index >= 15 is 0 Å². The van der Waals surface area contributed by atoms with E-state index in [2.05, 4.69) is 71.6 Å². The summed E-state index contributed by atoms with van der Waals surface area (Å²) in [5, 5.41) is 0. The fourth-order valence-electron chi connectivity index (χ4n) is 2.90. The summed E-state index contributed by atoms with van der Waals surface area (Å²) >= 11 is 0. The Morgan fingerprint density at radius 3 is 2.40 bits per heavy atom. The van der Waals surface area contributed by atoms with Gasteiger partial charge < -0.3 is 13.7 Å². The molecule has 3 nitrogen and oxygen atoms in total. The van der Waals surface area contributed by atoms with Crippen molar-refractivity contribution in [3.8, 4) is 0 Å². The van der Waals surface area contributed by atoms with E-state index in [1.54, 1.807) is 0 Å². The van der Waals surface area contributed by atoms with Gasteiger partial charge in [0.05, 0.1) is 0 Å². The lowest BCUT2D eigenvalue weighted by Crippen LogP contribution is -2.70. The highest BCUT2D eigenvalue weighted by Crippen LogP contribution is 2.21. The molecule has 0 unspecified atom stereocenters. The van der Waals surface area contributed by atoms with Gasteiger partial charge in [0.2, 0.25) is 9.84 Å². The molecule has 2 rings (SSSR count). The molecule has 0 atom stereocenters. The molecule has 1 aliphatic rings. The molecule has 6 heteroatoms. The molecule has 1 aliphatic heterocycles. The van der Waals surface area contributed by atoms with E-state index in [9.17, 15) is 0 Å². The first-order valence-corrected chi connectivity index (χ1v) is 8.84. The van der Waals surface area contributed by atoms with Crippen LogP contribution < -0.4 is 4.48 Å². The molecule has 1 aromatic rings. The fraction of sp³-hybridized carbons (Fsp3) is 0.571. The van der Waals surface area contributed by atoms with Crippen LogP contribution in [0, 0.1) is 0 Å². The van der Waals surface area contributed by atoms with E-state index in [4.69, 9.17) is 0 Å². The predicted molar refractivity (Wildman–Crippen MR) is 93.3 cm³/mol. The smallest absolute Gasteiger partial charge is 0.321 e. The Labute approximate surface area is 127 Å². The second-order valence-electron chi connectivity index (χ2n) is 5.73. The molecular weight excluding hydrogens is 260 g/mol. The van der Waals surface area contributed by atoms with Gasteiger partial charge >= 0.3 is 6.98 Å². The number of hydrogen-bond donors (Lipinski definition) is 0. The van der Waals surface area contributed by atoms with E-state index < -0.39 is 0 Å². The van der Waals surface area contributed by atoms with Crippen molar-refractivity contribution in [1.29, 1.82) is 0 Å². The van der Waals surface area contributed by atoms with Crippen molar-refractivity contribution in [3.63, 3.8) is 0 Å².